The van der Waals surface area contributed by atoms with Crippen LogP contribution < -0.4 is 0 Å². The number of likely N-dealkylation sites (tertiary alicyclic amines) is 1. The molecule has 2 unspecified atom stereocenters. The molecule has 2 N–H and O–H groups in total. The Labute approximate surface area is 213 Å². The van der Waals surface area contributed by atoms with E-state index in [1.165, 1.54) is 12.1 Å². The number of hydrogen-bond donors (Lipinski definition) is 2. The fraction of sp³-hybridized carbons (Fsp3) is 0.517. The summed E-state index contributed by atoms with van der Waals surface area (Å²) in [5, 5.41) is 8.38. The van der Waals surface area contributed by atoms with E-state index in [0.29, 0.717) is 36.5 Å². The summed E-state index contributed by atoms with van der Waals surface area (Å²) in [6, 6.07) is 5.80. The van der Waals surface area contributed by atoms with Crippen molar-refractivity contribution in [1.82, 2.24) is 14.9 Å². The van der Waals surface area contributed by atoms with Gasteiger partial charge in [-0.1, -0.05) is 34.6 Å². The first-order valence-corrected chi connectivity index (χ1v) is 12.7. The highest BCUT2D eigenvalue weighted by molar-refractivity contribution is 6.10. The molecule has 194 valence electrons. The summed E-state index contributed by atoms with van der Waals surface area (Å²) in [5.74, 6) is 0.402. The van der Waals surface area contributed by atoms with E-state index in [1.807, 2.05) is 32.6 Å². The van der Waals surface area contributed by atoms with Crippen molar-refractivity contribution in [1.29, 1.82) is 5.41 Å². The molecule has 0 spiro atoms. The van der Waals surface area contributed by atoms with Gasteiger partial charge in [0.05, 0.1) is 11.9 Å². The van der Waals surface area contributed by atoms with Crippen LogP contribution in [0.2, 0.25) is 0 Å². The highest BCUT2D eigenvalue weighted by Gasteiger charge is 2.42. The molecule has 1 aliphatic heterocycles. The van der Waals surface area contributed by atoms with Crippen LogP contribution in [0.3, 0.4) is 0 Å². The Kier molecular flexibility index (Phi) is 8.01. The molecule has 1 saturated heterocycles. The smallest absolute Gasteiger partial charge is 0.272 e. The van der Waals surface area contributed by atoms with Crippen molar-refractivity contribution >= 4 is 23.0 Å². The summed E-state index contributed by atoms with van der Waals surface area (Å²) in [7, 11) is 0. The number of halogens is 1. The summed E-state index contributed by atoms with van der Waals surface area (Å²) in [6.07, 6.45) is 5.23. The molecule has 6 nitrogen and oxygen atoms in total. The Morgan fingerprint density at radius 2 is 1.89 bits per heavy atom. The van der Waals surface area contributed by atoms with Crippen LogP contribution in [0.5, 0.6) is 0 Å². The number of benzene rings is 1. The van der Waals surface area contributed by atoms with Crippen molar-refractivity contribution in [2.24, 2.45) is 17.3 Å². The molecular formula is C29H39FN4O2. The largest absolute Gasteiger partial charge is 0.334 e. The molecule has 0 radical (unpaired) electrons. The number of aromatic amines is 1. The van der Waals surface area contributed by atoms with E-state index in [2.05, 4.69) is 30.7 Å². The Balaban J connectivity index is 1.83. The average Bonchev–Trinajstić information content (AvgIpc) is 3.24. The molecule has 1 fully saturated rings. The normalized spacial score (nSPS) is 20.7. The summed E-state index contributed by atoms with van der Waals surface area (Å²) in [5.41, 5.74) is 1.19. The maximum Gasteiger partial charge on any atom is 0.272 e. The third-order valence-electron chi connectivity index (χ3n) is 7.19. The fourth-order valence-electron chi connectivity index (χ4n) is 5.18. The first kappa shape index (κ1) is 27.5. The third kappa shape index (κ3) is 6.00. The zero-order valence-corrected chi connectivity index (χ0v) is 22.5. The van der Waals surface area contributed by atoms with E-state index in [-0.39, 0.29) is 35.1 Å². The van der Waals surface area contributed by atoms with Gasteiger partial charge in [-0.05, 0) is 80.5 Å². The van der Waals surface area contributed by atoms with Crippen molar-refractivity contribution in [3.8, 4) is 0 Å². The molecule has 2 aromatic rings. The highest BCUT2D eigenvalue weighted by atomic mass is 19.1. The van der Waals surface area contributed by atoms with Crippen LogP contribution in [0.25, 0.3) is 5.57 Å². The zero-order chi connectivity index (χ0) is 26.8. The van der Waals surface area contributed by atoms with Gasteiger partial charge in [-0.2, -0.15) is 0 Å². The molecule has 1 aliphatic rings. The molecule has 2 heterocycles. The van der Waals surface area contributed by atoms with E-state index in [0.717, 1.165) is 12.0 Å². The second kappa shape index (κ2) is 10.5. The fourth-order valence-corrected chi connectivity index (χ4v) is 5.18. The molecular weight excluding hydrogens is 455 g/mol. The van der Waals surface area contributed by atoms with Gasteiger partial charge in [0.15, 0.2) is 0 Å². The van der Waals surface area contributed by atoms with Gasteiger partial charge in [-0.15, -0.1) is 0 Å². The van der Waals surface area contributed by atoms with Crippen molar-refractivity contribution < 1.29 is 14.0 Å². The lowest BCUT2D eigenvalue weighted by molar-refractivity contribution is -0.132. The molecule has 1 amide bonds. The molecule has 0 saturated carbocycles. The second-order valence-electron chi connectivity index (χ2n) is 11.5. The monoisotopic (exact) mass is 494 g/mol. The number of rotatable bonds is 6. The Morgan fingerprint density at radius 1 is 1.25 bits per heavy atom. The number of nitrogens with one attached hydrogen (secondary N) is 2. The molecule has 2 atom stereocenters. The van der Waals surface area contributed by atoms with Gasteiger partial charge >= 0.3 is 0 Å². The van der Waals surface area contributed by atoms with E-state index in [1.54, 1.807) is 24.4 Å². The average molecular weight is 495 g/mol. The minimum absolute atomic E-state index is 0.0773. The maximum absolute atomic E-state index is 13.6. The Morgan fingerprint density at radius 3 is 2.47 bits per heavy atom. The van der Waals surface area contributed by atoms with Crippen LogP contribution in [0.1, 0.15) is 89.6 Å². The van der Waals surface area contributed by atoms with Gasteiger partial charge in [-0.25, -0.2) is 9.37 Å². The first-order chi connectivity index (χ1) is 16.7. The molecule has 1 aromatic carbocycles. The van der Waals surface area contributed by atoms with Crippen LogP contribution in [0, 0.1) is 28.5 Å². The van der Waals surface area contributed by atoms with Crippen molar-refractivity contribution in [3.63, 3.8) is 0 Å². The van der Waals surface area contributed by atoms with E-state index in [4.69, 9.17) is 5.41 Å². The van der Waals surface area contributed by atoms with Crippen LogP contribution in [-0.4, -0.2) is 44.4 Å². The number of carbonyl (C=O) groups is 2. The van der Waals surface area contributed by atoms with Gasteiger partial charge in [0.25, 0.3) is 5.91 Å². The van der Waals surface area contributed by atoms with Gasteiger partial charge in [-0.3, -0.25) is 9.59 Å². The van der Waals surface area contributed by atoms with E-state index >= 15 is 0 Å². The lowest BCUT2D eigenvalue weighted by atomic mass is 9.74. The number of Topliss-reactive ketones (excluding diaryl/α,β-unsaturated/α-hetero) is 1. The number of nitrogens with zero attached hydrogens (tertiary/aromatic N) is 2. The van der Waals surface area contributed by atoms with Crippen molar-refractivity contribution in [2.75, 3.05) is 6.54 Å². The van der Waals surface area contributed by atoms with Crippen molar-refractivity contribution in [2.45, 2.75) is 73.3 Å². The quantitative estimate of drug-likeness (QED) is 0.462. The number of ketones is 1. The minimum Gasteiger partial charge on any atom is -0.334 e. The topological polar surface area (TPSA) is 89.9 Å². The van der Waals surface area contributed by atoms with Crippen LogP contribution in [0.4, 0.5) is 4.39 Å². The number of H-pyrrole nitrogens is 1. The predicted octanol–water partition coefficient (Wildman–Crippen LogP) is 6.29. The molecule has 36 heavy (non-hydrogen) atoms. The number of carbonyl (C=O) groups excluding carboxylic acids is 2. The number of imidazole rings is 1. The number of hydrogen-bond acceptors (Lipinski definition) is 4. The first-order valence-electron chi connectivity index (χ1n) is 12.7. The summed E-state index contributed by atoms with van der Waals surface area (Å²) < 4.78 is 13.2. The second-order valence-corrected chi connectivity index (χ2v) is 11.5. The van der Waals surface area contributed by atoms with Crippen LogP contribution >= 0.6 is 0 Å². The Bertz CT molecular complexity index is 1150. The number of allylic oxidation sites excluding steroid dienone is 2. The van der Waals surface area contributed by atoms with Gasteiger partial charge < -0.3 is 15.3 Å². The molecule has 1 aromatic heterocycles. The predicted molar refractivity (Wildman–Crippen MR) is 142 cm³/mol. The summed E-state index contributed by atoms with van der Waals surface area (Å²) in [4.78, 5) is 36.2. The molecule has 7 heteroatoms. The van der Waals surface area contributed by atoms with Crippen LogP contribution in [0.15, 0.2) is 36.5 Å². The van der Waals surface area contributed by atoms with Crippen molar-refractivity contribution in [3.05, 3.63) is 59.4 Å². The Hall–Kier alpha value is -3.09. The van der Waals surface area contributed by atoms with E-state index in [9.17, 15) is 14.0 Å². The standard InChI is InChI=1S/C29H39FN4O2/c1-8-19(15-23(31)20-9-11-21(30)12-10-20)26-32-17-24(33-26)27(36)34-14-13-22(25(35)28(3,4)5)18(2)16-29(34,6)7/h9-12,15,17-18,22,31H,8,13-14,16H2,1-7H3,(H,32,33)/b19-15-,31-23?. The van der Waals surface area contributed by atoms with Crippen LogP contribution in [-0.2, 0) is 4.79 Å². The van der Waals surface area contributed by atoms with Gasteiger partial charge in [0.2, 0.25) is 0 Å². The molecule has 3 rings (SSSR count). The lowest BCUT2D eigenvalue weighted by Gasteiger charge is -2.38. The number of aromatic nitrogens is 2. The minimum atomic E-state index is -0.414. The molecule has 0 aliphatic carbocycles. The molecule has 0 bridgehead atoms. The SMILES string of the molecule is CC/C(=C/C(=N)c1ccc(F)cc1)c1ncc(C(=O)N2CCC(C(=O)C(C)(C)C)C(C)CC2(C)C)[nH]1. The summed E-state index contributed by atoms with van der Waals surface area (Å²) in [6.45, 7) is 14.6. The summed E-state index contributed by atoms with van der Waals surface area (Å²) >= 11 is 0. The third-order valence-corrected chi connectivity index (χ3v) is 7.19. The zero-order valence-electron chi connectivity index (χ0n) is 22.5. The van der Waals surface area contributed by atoms with E-state index < -0.39 is 11.0 Å². The van der Waals surface area contributed by atoms with Gasteiger partial charge in [0.1, 0.15) is 23.1 Å². The number of amides is 1. The van der Waals surface area contributed by atoms with Gasteiger partial charge in [0, 0.05) is 23.4 Å². The lowest BCUT2D eigenvalue weighted by Crippen LogP contribution is -2.47. The highest BCUT2D eigenvalue weighted by Crippen LogP contribution is 2.38. The maximum atomic E-state index is 13.6.